The van der Waals surface area contributed by atoms with Gasteiger partial charge in [0.1, 0.15) is 5.54 Å². The molecular formula is C10H18N2O4S. The van der Waals surface area contributed by atoms with Gasteiger partial charge in [0, 0.05) is 0 Å². The van der Waals surface area contributed by atoms with Crippen LogP contribution in [0.4, 0.5) is 0 Å². The molecule has 0 saturated carbocycles. The van der Waals surface area contributed by atoms with Gasteiger partial charge in [-0.05, 0) is 19.8 Å². The minimum absolute atomic E-state index is 0.119. The summed E-state index contributed by atoms with van der Waals surface area (Å²) in [6.07, 6.45) is 0.811. The van der Waals surface area contributed by atoms with Crippen LogP contribution in [0.1, 0.15) is 40.0 Å². The SMILES string of the molecule is CCCC(C)(NS(=O)(=O)C(C#N)CC)C(=O)O. The van der Waals surface area contributed by atoms with Crippen LogP contribution in [0.2, 0.25) is 0 Å². The van der Waals surface area contributed by atoms with Gasteiger partial charge >= 0.3 is 5.97 Å². The number of nitrogens with zero attached hydrogens (tertiary/aromatic N) is 1. The van der Waals surface area contributed by atoms with Crippen LogP contribution < -0.4 is 4.72 Å². The van der Waals surface area contributed by atoms with Gasteiger partial charge in [-0.2, -0.15) is 9.98 Å². The van der Waals surface area contributed by atoms with E-state index in [4.69, 9.17) is 10.4 Å². The van der Waals surface area contributed by atoms with Crippen molar-refractivity contribution in [2.45, 2.75) is 50.8 Å². The zero-order valence-electron chi connectivity index (χ0n) is 10.2. The second-order valence-corrected chi connectivity index (χ2v) is 5.92. The van der Waals surface area contributed by atoms with Gasteiger partial charge in [-0.1, -0.05) is 20.3 Å². The lowest BCUT2D eigenvalue weighted by Crippen LogP contribution is -2.54. The fraction of sp³-hybridized carbons (Fsp3) is 0.800. The summed E-state index contributed by atoms with van der Waals surface area (Å²) in [5.74, 6) is -1.24. The largest absolute Gasteiger partial charge is 0.480 e. The second kappa shape index (κ2) is 5.98. The smallest absolute Gasteiger partial charge is 0.324 e. The fourth-order valence-electron chi connectivity index (χ4n) is 1.47. The third kappa shape index (κ3) is 3.98. The Bertz CT molecular complexity index is 413. The predicted octanol–water partition coefficient (Wildman–Crippen LogP) is 0.851. The highest BCUT2D eigenvalue weighted by molar-refractivity contribution is 7.90. The van der Waals surface area contributed by atoms with Crippen LogP contribution in [0.3, 0.4) is 0 Å². The molecule has 0 fully saturated rings. The van der Waals surface area contributed by atoms with Crippen molar-refractivity contribution in [2.75, 3.05) is 0 Å². The van der Waals surface area contributed by atoms with Crippen molar-refractivity contribution in [2.24, 2.45) is 0 Å². The number of sulfonamides is 1. The Kier molecular flexibility index (Phi) is 5.58. The van der Waals surface area contributed by atoms with Crippen molar-refractivity contribution in [3.8, 4) is 6.07 Å². The van der Waals surface area contributed by atoms with E-state index in [0.29, 0.717) is 6.42 Å². The molecule has 2 N–H and O–H groups in total. The number of carboxylic acid groups (broad SMARTS) is 1. The van der Waals surface area contributed by atoms with E-state index in [9.17, 15) is 13.2 Å². The molecule has 0 aliphatic carbocycles. The fourth-order valence-corrected chi connectivity index (χ4v) is 3.00. The van der Waals surface area contributed by atoms with E-state index >= 15 is 0 Å². The van der Waals surface area contributed by atoms with Gasteiger partial charge in [0.05, 0.1) is 6.07 Å². The van der Waals surface area contributed by atoms with Gasteiger partial charge < -0.3 is 5.11 Å². The number of carbonyl (C=O) groups is 1. The minimum atomic E-state index is -3.94. The average molecular weight is 262 g/mol. The Labute approximate surface area is 102 Å². The lowest BCUT2D eigenvalue weighted by Gasteiger charge is -2.26. The maximum absolute atomic E-state index is 11.8. The van der Waals surface area contributed by atoms with Gasteiger partial charge in [-0.3, -0.25) is 4.79 Å². The van der Waals surface area contributed by atoms with E-state index in [1.54, 1.807) is 19.9 Å². The highest BCUT2D eigenvalue weighted by atomic mass is 32.2. The molecule has 2 unspecified atom stereocenters. The number of nitrogens with one attached hydrogen (secondary N) is 1. The number of hydrogen-bond donors (Lipinski definition) is 2. The first-order valence-corrected chi connectivity index (χ1v) is 6.94. The summed E-state index contributed by atoms with van der Waals surface area (Å²) >= 11 is 0. The lowest BCUT2D eigenvalue weighted by atomic mass is 9.98. The van der Waals surface area contributed by atoms with Crippen LogP contribution >= 0.6 is 0 Å². The molecule has 2 atom stereocenters. The summed E-state index contributed by atoms with van der Waals surface area (Å²) in [6, 6.07) is 1.65. The van der Waals surface area contributed by atoms with Crippen molar-refractivity contribution in [1.29, 1.82) is 5.26 Å². The van der Waals surface area contributed by atoms with Crippen molar-refractivity contribution in [1.82, 2.24) is 4.72 Å². The average Bonchev–Trinajstić information content (AvgIpc) is 2.17. The molecule has 17 heavy (non-hydrogen) atoms. The Balaban J connectivity index is 5.15. The van der Waals surface area contributed by atoms with Crippen LogP contribution in [-0.2, 0) is 14.8 Å². The summed E-state index contributed by atoms with van der Waals surface area (Å²) in [5.41, 5.74) is -1.56. The summed E-state index contributed by atoms with van der Waals surface area (Å²) < 4.78 is 25.7. The number of hydrogen-bond acceptors (Lipinski definition) is 4. The van der Waals surface area contributed by atoms with E-state index in [1.807, 2.05) is 0 Å². The molecule has 0 heterocycles. The maximum atomic E-state index is 11.8. The molecule has 0 radical (unpaired) electrons. The summed E-state index contributed by atoms with van der Waals surface area (Å²) in [7, 11) is -3.94. The number of nitriles is 1. The predicted molar refractivity (Wildman–Crippen MR) is 62.7 cm³/mol. The Hall–Kier alpha value is -1.13. The summed E-state index contributed by atoms with van der Waals surface area (Å²) in [5, 5.41) is 16.5. The van der Waals surface area contributed by atoms with Gasteiger partial charge in [0.15, 0.2) is 5.25 Å². The lowest BCUT2D eigenvalue weighted by molar-refractivity contribution is -0.143. The molecule has 0 spiro atoms. The molecule has 7 heteroatoms. The number of rotatable bonds is 7. The first kappa shape index (κ1) is 15.9. The van der Waals surface area contributed by atoms with Crippen molar-refractivity contribution < 1.29 is 18.3 Å². The molecule has 0 saturated heterocycles. The normalized spacial score (nSPS) is 16.8. The second-order valence-electron chi connectivity index (χ2n) is 4.06. The topological polar surface area (TPSA) is 107 Å². The summed E-state index contributed by atoms with van der Waals surface area (Å²) in [4.78, 5) is 11.1. The Morgan fingerprint density at radius 1 is 1.53 bits per heavy atom. The molecule has 0 aliphatic heterocycles. The zero-order valence-corrected chi connectivity index (χ0v) is 11.0. The summed E-state index contributed by atoms with van der Waals surface area (Å²) in [6.45, 7) is 4.63. The van der Waals surface area contributed by atoms with Crippen LogP contribution in [-0.4, -0.2) is 30.3 Å². The van der Waals surface area contributed by atoms with Crippen LogP contribution in [0.15, 0.2) is 0 Å². The molecular weight excluding hydrogens is 244 g/mol. The van der Waals surface area contributed by atoms with E-state index in [1.165, 1.54) is 6.92 Å². The maximum Gasteiger partial charge on any atom is 0.324 e. The molecule has 98 valence electrons. The molecule has 0 amide bonds. The third-order valence-corrected chi connectivity index (χ3v) is 4.40. The van der Waals surface area contributed by atoms with E-state index in [0.717, 1.165) is 0 Å². The number of aliphatic carboxylic acids is 1. The van der Waals surface area contributed by atoms with E-state index in [2.05, 4.69) is 4.72 Å². The van der Waals surface area contributed by atoms with Crippen LogP contribution in [0, 0.1) is 11.3 Å². The van der Waals surface area contributed by atoms with E-state index < -0.39 is 26.8 Å². The monoisotopic (exact) mass is 262 g/mol. The van der Waals surface area contributed by atoms with Crippen molar-refractivity contribution in [3.05, 3.63) is 0 Å². The molecule has 0 aromatic heterocycles. The standard InChI is InChI=1S/C10H18N2O4S/c1-4-6-10(3,9(13)14)12-17(15,16)8(5-2)7-11/h8,12H,4-6H2,1-3H3,(H,13,14). The molecule has 0 bridgehead atoms. The molecule has 0 aromatic carbocycles. The van der Waals surface area contributed by atoms with Crippen LogP contribution in [0.5, 0.6) is 0 Å². The first-order valence-electron chi connectivity index (χ1n) is 5.39. The molecule has 0 aromatic rings. The van der Waals surface area contributed by atoms with Gasteiger partial charge in [-0.25, -0.2) is 8.42 Å². The van der Waals surface area contributed by atoms with E-state index in [-0.39, 0.29) is 12.8 Å². The molecule has 6 nitrogen and oxygen atoms in total. The number of carboxylic acids is 1. The van der Waals surface area contributed by atoms with Gasteiger partial charge in [0.2, 0.25) is 10.0 Å². The zero-order chi connectivity index (χ0) is 13.7. The van der Waals surface area contributed by atoms with Gasteiger partial charge in [-0.15, -0.1) is 0 Å². The van der Waals surface area contributed by atoms with Crippen LogP contribution in [0.25, 0.3) is 0 Å². The third-order valence-electron chi connectivity index (χ3n) is 2.48. The quantitative estimate of drug-likeness (QED) is 0.707. The molecule has 0 rings (SSSR count). The van der Waals surface area contributed by atoms with Crippen molar-refractivity contribution >= 4 is 16.0 Å². The Morgan fingerprint density at radius 2 is 2.06 bits per heavy atom. The van der Waals surface area contributed by atoms with Crippen molar-refractivity contribution in [3.63, 3.8) is 0 Å². The van der Waals surface area contributed by atoms with Gasteiger partial charge in [0.25, 0.3) is 0 Å². The highest BCUT2D eigenvalue weighted by Crippen LogP contribution is 2.16. The minimum Gasteiger partial charge on any atom is -0.480 e. The Morgan fingerprint density at radius 3 is 2.35 bits per heavy atom. The highest BCUT2D eigenvalue weighted by Gasteiger charge is 2.39. The molecule has 0 aliphatic rings. The first-order chi connectivity index (χ1) is 7.73.